The van der Waals surface area contributed by atoms with Crippen LogP contribution in [-0.4, -0.2) is 5.11 Å². The van der Waals surface area contributed by atoms with Crippen molar-refractivity contribution in [3.05, 3.63) is 83.9 Å². The van der Waals surface area contributed by atoms with E-state index in [2.05, 4.69) is 24.3 Å². The Hall–Kier alpha value is -2.16. The van der Waals surface area contributed by atoms with Crippen LogP contribution in [0.5, 0.6) is 0 Å². The van der Waals surface area contributed by atoms with E-state index in [0.29, 0.717) is 6.42 Å². The van der Waals surface area contributed by atoms with E-state index >= 15 is 0 Å². The van der Waals surface area contributed by atoms with Crippen LogP contribution >= 0.6 is 0 Å². The molecule has 0 aliphatic heterocycles. The SMILES string of the molecule is N[C@@H](C[C@@H](O)c1ccccc1)c1ccc2ccccc2c1. The standard InChI is InChI=1S/C19H19NO/c20-18(13-19(21)15-7-2-1-3-8-15)17-11-10-14-6-4-5-9-16(14)12-17/h1-12,18-19,21H,13,20H2/t18-,19+/m0/s1. The Labute approximate surface area is 124 Å². The molecule has 0 saturated heterocycles. The molecule has 106 valence electrons. The normalized spacial score (nSPS) is 14.0. The molecule has 0 saturated carbocycles. The van der Waals surface area contributed by atoms with Gasteiger partial charge in [0, 0.05) is 6.04 Å². The Bertz CT molecular complexity index is 724. The van der Waals surface area contributed by atoms with Crippen molar-refractivity contribution in [1.82, 2.24) is 0 Å². The van der Waals surface area contributed by atoms with Crippen molar-refractivity contribution in [2.24, 2.45) is 5.73 Å². The highest BCUT2D eigenvalue weighted by molar-refractivity contribution is 5.83. The Morgan fingerprint density at radius 3 is 2.19 bits per heavy atom. The first-order chi connectivity index (χ1) is 10.2. The fourth-order valence-electron chi connectivity index (χ4n) is 2.63. The maximum absolute atomic E-state index is 10.3. The van der Waals surface area contributed by atoms with Crippen molar-refractivity contribution < 1.29 is 5.11 Å². The van der Waals surface area contributed by atoms with E-state index in [1.165, 1.54) is 10.8 Å². The summed E-state index contributed by atoms with van der Waals surface area (Å²) >= 11 is 0. The zero-order valence-electron chi connectivity index (χ0n) is 11.8. The fourth-order valence-corrected chi connectivity index (χ4v) is 2.63. The van der Waals surface area contributed by atoms with Crippen LogP contribution in [0.2, 0.25) is 0 Å². The molecule has 0 amide bonds. The number of hydrogen-bond acceptors (Lipinski definition) is 2. The predicted molar refractivity (Wildman–Crippen MR) is 86.9 cm³/mol. The van der Waals surface area contributed by atoms with Gasteiger partial charge in [-0.2, -0.15) is 0 Å². The molecular weight excluding hydrogens is 258 g/mol. The number of rotatable bonds is 4. The number of hydrogen-bond donors (Lipinski definition) is 2. The zero-order chi connectivity index (χ0) is 14.7. The summed E-state index contributed by atoms with van der Waals surface area (Å²) in [5.41, 5.74) is 8.23. The topological polar surface area (TPSA) is 46.2 Å². The monoisotopic (exact) mass is 277 g/mol. The van der Waals surface area contributed by atoms with Crippen LogP contribution in [0.1, 0.15) is 29.7 Å². The van der Waals surface area contributed by atoms with Gasteiger partial charge in [-0.3, -0.25) is 0 Å². The summed E-state index contributed by atoms with van der Waals surface area (Å²) in [5, 5.41) is 12.7. The third kappa shape index (κ3) is 3.13. The summed E-state index contributed by atoms with van der Waals surface area (Å²) in [7, 11) is 0. The second-order valence-electron chi connectivity index (χ2n) is 5.38. The van der Waals surface area contributed by atoms with Gasteiger partial charge in [-0.15, -0.1) is 0 Å². The number of nitrogens with two attached hydrogens (primary N) is 1. The highest BCUT2D eigenvalue weighted by Gasteiger charge is 2.14. The molecule has 3 aromatic carbocycles. The Morgan fingerprint density at radius 2 is 1.43 bits per heavy atom. The molecule has 0 fully saturated rings. The summed E-state index contributed by atoms with van der Waals surface area (Å²) in [5.74, 6) is 0. The van der Waals surface area contributed by atoms with Crippen LogP contribution in [0.25, 0.3) is 10.8 Å². The number of fused-ring (bicyclic) bond motifs is 1. The molecule has 0 aliphatic rings. The van der Waals surface area contributed by atoms with Crippen LogP contribution in [0.4, 0.5) is 0 Å². The second-order valence-corrected chi connectivity index (χ2v) is 5.38. The van der Waals surface area contributed by atoms with E-state index in [1.54, 1.807) is 0 Å². The molecule has 3 N–H and O–H groups in total. The lowest BCUT2D eigenvalue weighted by atomic mass is 9.96. The molecule has 21 heavy (non-hydrogen) atoms. The predicted octanol–water partition coefficient (Wildman–Crippen LogP) is 3.96. The van der Waals surface area contributed by atoms with E-state index in [1.807, 2.05) is 48.5 Å². The molecule has 0 heterocycles. The Balaban J connectivity index is 1.79. The van der Waals surface area contributed by atoms with Crippen LogP contribution in [-0.2, 0) is 0 Å². The average molecular weight is 277 g/mol. The first-order valence-electron chi connectivity index (χ1n) is 7.21. The smallest absolute Gasteiger partial charge is 0.0808 e. The Kier molecular flexibility index (Phi) is 4.00. The van der Waals surface area contributed by atoms with Crippen LogP contribution in [0, 0.1) is 0 Å². The maximum Gasteiger partial charge on any atom is 0.0808 e. The van der Waals surface area contributed by atoms with Crippen LogP contribution in [0.3, 0.4) is 0 Å². The van der Waals surface area contributed by atoms with Crippen molar-refractivity contribution in [2.45, 2.75) is 18.6 Å². The highest BCUT2D eigenvalue weighted by Crippen LogP contribution is 2.26. The first-order valence-corrected chi connectivity index (χ1v) is 7.21. The fraction of sp³-hybridized carbons (Fsp3) is 0.158. The van der Waals surface area contributed by atoms with E-state index in [-0.39, 0.29) is 6.04 Å². The molecular formula is C19H19NO. The van der Waals surface area contributed by atoms with Gasteiger partial charge in [-0.25, -0.2) is 0 Å². The van der Waals surface area contributed by atoms with Crippen molar-refractivity contribution in [1.29, 1.82) is 0 Å². The lowest BCUT2D eigenvalue weighted by Gasteiger charge is -2.17. The van der Waals surface area contributed by atoms with Crippen molar-refractivity contribution in [3.8, 4) is 0 Å². The molecule has 0 bridgehead atoms. The summed E-state index contributed by atoms with van der Waals surface area (Å²) in [6, 6.07) is 23.9. The van der Waals surface area contributed by atoms with Gasteiger partial charge in [-0.1, -0.05) is 66.7 Å². The van der Waals surface area contributed by atoms with E-state index < -0.39 is 6.10 Å². The number of aliphatic hydroxyl groups is 1. The third-order valence-corrected chi connectivity index (χ3v) is 3.86. The van der Waals surface area contributed by atoms with Crippen molar-refractivity contribution in [3.63, 3.8) is 0 Å². The first kappa shape index (κ1) is 13.8. The summed E-state index contributed by atoms with van der Waals surface area (Å²) < 4.78 is 0. The van der Waals surface area contributed by atoms with E-state index in [4.69, 9.17) is 5.73 Å². The van der Waals surface area contributed by atoms with Crippen molar-refractivity contribution >= 4 is 10.8 Å². The molecule has 0 radical (unpaired) electrons. The average Bonchev–Trinajstić information content (AvgIpc) is 2.55. The molecule has 2 heteroatoms. The molecule has 3 rings (SSSR count). The van der Waals surface area contributed by atoms with Crippen molar-refractivity contribution in [2.75, 3.05) is 0 Å². The minimum Gasteiger partial charge on any atom is -0.388 e. The van der Waals surface area contributed by atoms with E-state index in [0.717, 1.165) is 11.1 Å². The number of aliphatic hydroxyl groups excluding tert-OH is 1. The van der Waals surface area contributed by atoms with Gasteiger partial charge in [0.2, 0.25) is 0 Å². The molecule has 0 unspecified atom stereocenters. The van der Waals surface area contributed by atoms with Gasteiger partial charge in [-0.05, 0) is 34.4 Å². The molecule has 2 atom stereocenters. The van der Waals surface area contributed by atoms with Gasteiger partial charge in [0.25, 0.3) is 0 Å². The molecule has 0 aromatic heterocycles. The maximum atomic E-state index is 10.3. The lowest BCUT2D eigenvalue weighted by molar-refractivity contribution is 0.158. The van der Waals surface area contributed by atoms with E-state index in [9.17, 15) is 5.11 Å². The lowest BCUT2D eigenvalue weighted by Crippen LogP contribution is -2.14. The minimum absolute atomic E-state index is 0.176. The van der Waals surface area contributed by atoms with Crippen LogP contribution < -0.4 is 5.73 Å². The minimum atomic E-state index is -0.535. The molecule has 3 aromatic rings. The second kappa shape index (κ2) is 6.08. The molecule has 0 spiro atoms. The van der Waals surface area contributed by atoms with Gasteiger partial charge in [0.05, 0.1) is 6.10 Å². The summed E-state index contributed by atoms with van der Waals surface area (Å²) in [4.78, 5) is 0. The highest BCUT2D eigenvalue weighted by atomic mass is 16.3. The quantitative estimate of drug-likeness (QED) is 0.758. The zero-order valence-corrected chi connectivity index (χ0v) is 11.8. The molecule has 0 aliphatic carbocycles. The summed E-state index contributed by atoms with van der Waals surface area (Å²) in [6.45, 7) is 0. The van der Waals surface area contributed by atoms with Gasteiger partial charge in [0.15, 0.2) is 0 Å². The summed E-state index contributed by atoms with van der Waals surface area (Å²) in [6.07, 6.45) is -0.0183. The third-order valence-electron chi connectivity index (χ3n) is 3.86. The van der Waals surface area contributed by atoms with Gasteiger partial charge in [0.1, 0.15) is 0 Å². The van der Waals surface area contributed by atoms with Gasteiger partial charge >= 0.3 is 0 Å². The van der Waals surface area contributed by atoms with Gasteiger partial charge < -0.3 is 10.8 Å². The van der Waals surface area contributed by atoms with Crippen LogP contribution in [0.15, 0.2) is 72.8 Å². The molecule has 2 nitrogen and oxygen atoms in total. The Morgan fingerprint density at radius 1 is 0.762 bits per heavy atom. The largest absolute Gasteiger partial charge is 0.388 e. The number of benzene rings is 3.